The van der Waals surface area contributed by atoms with E-state index in [0.29, 0.717) is 31.5 Å². The Labute approximate surface area is 206 Å². The summed E-state index contributed by atoms with van der Waals surface area (Å²) in [6, 6.07) is 6.11. The van der Waals surface area contributed by atoms with Gasteiger partial charge in [0.15, 0.2) is 5.78 Å². The third-order valence-corrected chi connectivity index (χ3v) is 7.58. The normalized spacial score (nSPS) is 24.0. The van der Waals surface area contributed by atoms with Crippen molar-refractivity contribution in [1.82, 2.24) is 19.7 Å². The SMILES string of the molecule is CC(C)(C)OC(=O)N1CC[C@@]2(N)Cc3c(cnn3-c3ccc(F)cc3)CC2(C(=O)c2cscn2)C1. The number of piperidine rings is 1. The summed E-state index contributed by atoms with van der Waals surface area (Å²) in [6.45, 7) is 5.95. The van der Waals surface area contributed by atoms with Gasteiger partial charge in [-0.05, 0) is 63.4 Å². The Morgan fingerprint density at radius 3 is 2.60 bits per heavy atom. The molecule has 0 radical (unpaired) electrons. The maximum absolute atomic E-state index is 14.0. The Morgan fingerprint density at radius 1 is 1.20 bits per heavy atom. The van der Waals surface area contributed by atoms with Crippen LogP contribution in [0.4, 0.5) is 9.18 Å². The second kappa shape index (κ2) is 8.23. The standard InChI is InChI=1S/C25H28FN5O3S/c1-23(2,3)34-22(33)30-9-8-25(27)11-20-16(12-29-31(20)18-6-4-17(26)5-7-18)10-24(25,14-30)21(32)19-13-35-15-28-19/h4-7,12-13,15H,8-11,14,27H2,1-3H3/t24?,25-/m1/s1. The van der Waals surface area contributed by atoms with E-state index in [4.69, 9.17) is 10.5 Å². The number of fused-ring (bicyclic) bond motifs is 2. The molecule has 184 valence electrons. The first-order valence-corrected chi connectivity index (χ1v) is 12.5. The lowest BCUT2D eigenvalue weighted by atomic mass is 9.55. The number of halogens is 1. The van der Waals surface area contributed by atoms with E-state index in [-0.39, 0.29) is 18.1 Å². The molecule has 1 fully saturated rings. The van der Waals surface area contributed by atoms with Gasteiger partial charge in [0.25, 0.3) is 0 Å². The highest BCUT2D eigenvalue weighted by atomic mass is 32.1. The van der Waals surface area contributed by atoms with Gasteiger partial charge in [-0.15, -0.1) is 11.3 Å². The quantitative estimate of drug-likeness (QED) is 0.553. The Bertz CT molecular complexity index is 1270. The number of aromatic nitrogens is 3. The molecular formula is C25H28FN5O3S. The number of ether oxygens (including phenoxy) is 1. The molecule has 1 aliphatic heterocycles. The van der Waals surface area contributed by atoms with Crippen LogP contribution >= 0.6 is 11.3 Å². The molecule has 1 aliphatic carbocycles. The van der Waals surface area contributed by atoms with Crippen LogP contribution in [0.15, 0.2) is 41.4 Å². The van der Waals surface area contributed by atoms with Crippen LogP contribution in [-0.4, -0.2) is 55.8 Å². The molecule has 2 aliphatic rings. The molecule has 0 spiro atoms. The maximum Gasteiger partial charge on any atom is 0.410 e. The van der Waals surface area contributed by atoms with Crippen molar-refractivity contribution >= 4 is 23.2 Å². The van der Waals surface area contributed by atoms with Crippen LogP contribution in [0.5, 0.6) is 0 Å². The van der Waals surface area contributed by atoms with Crippen molar-refractivity contribution in [2.75, 3.05) is 13.1 Å². The molecule has 2 aromatic heterocycles. The molecule has 3 aromatic rings. The van der Waals surface area contributed by atoms with Gasteiger partial charge in [-0.2, -0.15) is 5.10 Å². The minimum absolute atomic E-state index is 0.135. The number of benzene rings is 1. The summed E-state index contributed by atoms with van der Waals surface area (Å²) in [6.07, 6.45) is 2.39. The van der Waals surface area contributed by atoms with Crippen LogP contribution in [0.25, 0.3) is 5.69 Å². The number of carbonyl (C=O) groups excluding carboxylic acids is 2. The first-order chi connectivity index (χ1) is 16.5. The number of likely N-dealkylation sites (tertiary alicyclic amines) is 1. The van der Waals surface area contributed by atoms with E-state index in [2.05, 4.69) is 10.1 Å². The highest BCUT2D eigenvalue weighted by Crippen LogP contribution is 2.49. The summed E-state index contributed by atoms with van der Waals surface area (Å²) in [5.74, 6) is -0.498. The van der Waals surface area contributed by atoms with Crippen LogP contribution in [-0.2, 0) is 17.6 Å². The van der Waals surface area contributed by atoms with Gasteiger partial charge in [0, 0.05) is 36.1 Å². The monoisotopic (exact) mass is 497 g/mol. The van der Waals surface area contributed by atoms with Crippen molar-refractivity contribution in [3.8, 4) is 5.69 Å². The second-order valence-corrected chi connectivity index (χ2v) is 11.2. The highest BCUT2D eigenvalue weighted by Gasteiger charge is 2.61. The second-order valence-electron chi connectivity index (χ2n) is 10.5. The first kappa shape index (κ1) is 23.6. The Balaban J connectivity index is 1.57. The van der Waals surface area contributed by atoms with Gasteiger partial charge in [0.05, 0.1) is 22.8 Å². The van der Waals surface area contributed by atoms with E-state index in [9.17, 15) is 14.0 Å². The third kappa shape index (κ3) is 4.04. The summed E-state index contributed by atoms with van der Waals surface area (Å²) >= 11 is 1.34. The number of nitrogens with zero attached hydrogens (tertiary/aromatic N) is 4. The molecule has 8 nitrogen and oxygen atoms in total. The number of rotatable bonds is 3. The first-order valence-electron chi connectivity index (χ1n) is 11.5. The topological polar surface area (TPSA) is 103 Å². The average Bonchev–Trinajstić information content (AvgIpc) is 3.46. The summed E-state index contributed by atoms with van der Waals surface area (Å²) in [4.78, 5) is 32.9. The van der Waals surface area contributed by atoms with Crippen LogP contribution in [0.3, 0.4) is 0 Å². The Hall–Kier alpha value is -3.11. The lowest BCUT2D eigenvalue weighted by molar-refractivity contribution is -0.0185. The van der Waals surface area contributed by atoms with Crippen LogP contribution in [0.1, 0.15) is 48.9 Å². The highest BCUT2D eigenvalue weighted by molar-refractivity contribution is 7.07. The number of thiazole rings is 1. The molecule has 5 rings (SSSR count). The largest absolute Gasteiger partial charge is 0.444 e. The Kier molecular flexibility index (Phi) is 5.56. The minimum atomic E-state index is -1.08. The van der Waals surface area contributed by atoms with Crippen molar-refractivity contribution in [3.05, 3.63) is 64.1 Å². The minimum Gasteiger partial charge on any atom is -0.444 e. The number of hydrogen-bond acceptors (Lipinski definition) is 7. The van der Waals surface area contributed by atoms with Crippen LogP contribution in [0, 0.1) is 11.2 Å². The third-order valence-electron chi connectivity index (χ3n) is 6.99. The zero-order valence-corrected chi connectivity index (χ0v) is 20.8. The fraction of sp³-hybridized carbons (Fsp3) is 0.440. The molecule has 1 aromatic carbocycles. The van der Waals surface area contributed by atoms with Gasteiger partial charge >= 0.3 is 6.09 Å². The van der Waals surface area contributed by atoms with E-state index in [1.165, 1.54) is 23.5 Å². The molecule has 2 N–H and O–H groups in total. The van der Waals surface area contributed by atoms with Crippen molar-refractivity contribution in [3.63, 3.8) is 0 Å². The average molecular weight is 498 g/mol. The molecule has 0 bridgehead atoms. The molecule has 1 saturated heterocycles. The summed E-state index contributed by atoms with van der Waals surface area (Å²) in [5.41, 5.74) is 8.91. The molecular weight excluding hydrogens is 469 g/mol. The van der Waals surface area contributed by atoms with Gasteiger partial charge in [0.1, 0.15) is 17.1 Å². The van der Waals surface area contributed by atoms with Crippen LogP contribution < -0.4 is 5.73 Å². The molecule has 35 heavy (non-hydrogen) atoms. The molecule has 10 heteroatoms. The molecule has 1 amide bonds. The summed E-state index contributed by atoms with van der Waals surface area (Å²) < 4.78 is 20.9. The zero-order chi connectivity index (χ0) is 25.0. The van der Waals surface area contributed by atoms with E-state index >= 15 is 0 Å². The fourth-order valence-electron chi connectivity index (χ4n) is 5.23. The van der Waals surface area contributed by atoms with E-state index in [1.807, 2.05) is 20.8 Å². The molecule has 3 heterocycles. The van der Waals surface area contributed by atoms with Gasteiger partial charge in [-0.3, -0.25) is 4.79 Å². The number of Topliss-reactive ketones (excluding diaryl/α,β-unsaturated/α-hetero) is 1. The van der Waals surface area contributed by atoms with Crippen LogP contribution in [0.2, 0.25) is 0 Å². The van der Waals surface area contributed by atoms with E-state index in [0.717, 1.165) is 16.9 Å². The Morgan fingerprint density at radius 2 is 1.94 bits per heavy atom. The summed E-state index contributed by atoms with van der Waals surface area (Å²) in [7, 11) is 0. The predicted octanol–water partition coefficient (Wildman–Crippen LogP) is 3.77. The predicted molar refractivity (Wildman–Crippen MR) is 129 cm³/mol. The molecule has 0 saturated carbocycles. The van der Waals surface area contributed by atoms with Crippen molar-refractivity contribution in [2.24, 2.45) is 11.1 Å². The summed E-state index contributed by atoms with van der Waals surface area (Å²) in [5, 5.41) is 6.27. The lowest BCUT2D eigenvalue weighted by Crippen LogP contribution is -2.71. The van der Waals surface area contributed by atoms with Gasteiger partial charge < -0.3 is 15.4 Å². The van der Waals surface area contributed by atoms with Gasteiger partial charge in [-0.25, -0.2) is 18.9 Å². The van der Waals surface area contributed by atoms with Crippen molar-refractivity contribution in [1.29, 1.82) is 0 Å². The zero-order valence-electron chi connectivity index (χ0n) is 20.0. The van der Waals surface area contributed by atoms with Crippen molar-refractivity contribution in [2.45, 2.75) is 51.2 Å². The number of amides is 1. The van der Waals surface area contributed by atoms with E-state index in [1.54, 1.807) is 38.8 Å². The molecule has 2 atom stereocenters. The maximum atomic E-state index is 14.0. The van der Waals surface area contributed by atoms with Gasteiger partial charge in [0.2, 0.25) is 0 Å². The number of carbonyl (C=O) groups is 2. The number of nitrogens with two attached hydrogens (primary N) is 1. The molecule has 1 unspecified atom stereocenters. The van der Waals surface area contributed by atoms with E-state index < -0.39 is 22.6 Å². The fourth-order valence-corrected chi connectivity index (χ4v) is 5.76. The smallest absolute Gasteiger partial charge is 0.410 e. The lowest BCUT2D eigenvalue weighted by Gasteiger charge is -2.55. The van der Waals surface area contributed by atoms with Gasteiger partial charge in [-0.1, -0.05) is 0 Å². The number of ketones is 1. The number of hydrogen-bond donors (Lipinski definition) is 1. The van der Waals surface area contributed by atoms with Crippen molar-refractivity contribution < 1.29 is 18.7 Å².